The third-order valence-corrected chi connectivity index (χ3v) is 3.49. The van der Waals surface area contributed by atoms with E-state index in [1.165, 1.54) is 19.3 Å². The molecule has 4 heteroatoms. The van der Waals surface area contributed by atoms with Crippen molar-refractivity contribution in [1.82, 2.24) is 0 Å². The van der Waals surface area contributed by atoms with E-state index in [0.717, 1.165) is 32.0 Å². The van der Waals surface area contributed by atoms with Gasteiger partial charge < -0.3 is 4.79 Å². The molecule has 0 aromatic carbocycles. The molecule has 134 valence electrons. The number of hydrogen-bond acceptors (Lipinski definition) is 3. The molecule has 0 saturated heterocycles. The van der Waals surface area contributed by atoms with Gasteiger partial charge in [-0.2, -0.15) is 0 Å². The van der Waals surface area contributed by atoms with Crippen LogP contribution >= 0.6 is 0 Å². The molecule has 0 spiro atoms. The van der Waals surface area contributed by atoms with Gasteiger partial charge in [-0.25, -0.2) is 0 Å². The molecular weight excluding hydrogens is 302 g/mol. The molecule has 0 N–H and O–H groups in total. The van der Waals surface area contributed by atoms with Crippen LogP contribution in [0.1, 0.15) is 71.1 Å². The summed E-state index contributed by atoms with van der Waals surface area (Å²) < 4.78 is 0. The maximum absolute atomic E-state index is 11.0. The lowest BCUT2D eigenvalue weighted by atomic mass is 10.2. The van der Waals surface area contributed by atoms with Crippen molar-refractivity contribution in [3.8, 4) is 0 Å². The second kappa shape index (κ2) is 17.4. The zero-order chi connectivity index (χ0) is 17.9. The van der Waals surface area contributed by atoms with Crippen molar-refractivity contribution in [2.75, 3.05) is 0 Å². The Bertz CT molecular complexity index is 448. The van der Waals surface area contributed by atoms with Crippen LogP contribution < -0.4 is 0 Å². The van der Waals surface area contributed by atoms with Crippen molar-refractivity contribution in [3.63, 3.8) is 0 Å². The van der Waals surface area contributed by atoms with Crippen LogP contribution in [0.5, 0.6) is 0 Å². The molecule has 0 amide bonds. The summed E-state index contributed by atoms with van der Waals surface area (Å²) in [5.41, 5.74) is 0.224. The van der Waals surface area contributed by atoms with Gasteiger partial charge in [-0.05, 0) is 44.6 Å². The first-order valence-electron chi connectivity index (χ1n) is 8.94. The first kappa shape index (κ1) is 22.0. The quantitative estimate of drug-likeness (QED) is 0.123. The molecule has 0 atom stereocenters. The fraction of sp³-hybridized carbons (Fsp3) is 0.550. The van der Waals surface area contributed by atoms with E-state index in [2.05, 4.69) is 19.1 Å². The number of allylic oxidation sites excluding steroid dienone is 7. The van der Waals surface area contributed by atoms with Gasteiger partial charge >= 0.3 is 0 Å². The molecule has 0 saturated carbocycles. The molecule has 0 aromatic rings. The van der Waals surface area contributed by atoms with E-state index < -0.39 is 0 Å². The number of unbranched alkanes of at least 4 members (excludes halogenated alkanes) is 5. The smallest absolute Gasteiger partial charge is 0.246 e. The Morgan fingerprint density at radius 2 is 1.54 bits per heavy atom. The summed E-state index contributed by atoms with van der Waals surface area (Å²) in [6.45, 7) is 2.20. The molecular formula is C20H31NO3. The molecule has 0 rings (SSSR count). The minimum absolute atomic E-state index is 0.224. The molecule has 0 aliphatic heterocycles. The maximum atomic E-state index is 11.0. The monoisotopic (exact) mass is 333 g/mol. The lowest BCUT2D eigenvalue weighted by Crippen LogP contribution is -1.97. The highest BCUT2D eigenvalue weighted by Crippen LogP contribution is 2.07. The fourth-order valence-corrected chi connectivity index (χ4v) is 2.07. The van der Waals surface area contributed by atoms with Crippen molar-refractivity contribution in [2.45, 2.75) is 71.1 Å². The van der Waals surface area contributed by atoms with Crippen molar-refractivity contribution >= 4 is 6.29 Å². The Kier molecular flexibility index (Phi) is 16.0. The summed E-state index contributed by atoms with van der Waals surface area (Å²) in [5.74, 6) is 0. The van der Waals surface area contributed by atoms with Crippen LogP contribution in [0.2, 0.25) is 0 Å². The van der Waals surface area contributed by atoms with Gasteiger partial charge in [0.1, 0.15) is 6.29 Å². The highest BCUT2D eigenvalue weighted by molar-refractivity contribution is 5.49. The SMILES string of the molecule is CCCCC/C=C/C/C=C/C/C=C(/C/C=C/CCCC=O)[N+](=O)[O-]. The largest absolute Gasteiger partial charge is 0.303 e. The average molecular weight is 333 g/mol. The van der Waals surface area contributed by atoms with Crippen LogP contribution in [0.4, 0.5) is 0 Å². The van der Waals surface area contributed by atoms with Gasteiger partial charge in [0.2, 0.25) is 5.70 Å². The summed E-state index contributed by atoms with van der Waals surface area (Å²) in [4.78, 5) is 20.8. The van der Waals surface area contributed by atoms with E-state index in [9.17, 15) is 14.9 Å². The zero-order valence-electron chi connectivity index (χ0n) is 14.9. The second-order valence-corrected chi connectivity index (χ2v) is 5.64. The third-order valence-electron chi connectivity index (χ3n) is 3.49. The number of nitrogens with zero attached hydrogens (tertiary/aromatic N) is 1. The summed E-state index contributed by atoms with van der Waals surface area (Å²) in [7, 11) is 0. The molecule has 0 fully saturated rings. The molecule has 0 heterocycles. The van der Waals surface area contributed by atoms with E-state index >= 15 is 0 Å². The Hall–Kier alpha value is -1.97. The molecule has 0 radical (unpaired) electrons. The van der Waals surface area contributed by atoms with Crippen molar-refractivity contribution in [1.29, 1.82) is 0 Å². The van der Waals surface area contributed by atoms with Crippen LogP contribution in [0.3, 0.4) is 0 Å². The highest BCUT2D eigenvalue weighted by Gasteiger charge is 2.06. The third kappa shape index (κ3) is 14.9. The molecule has 0 unspecified atom stereocenters. The number of carbonyl (C=O) groups excluding carboxylic acids is 1. The minimum Gasteiger partial charge on any atom is -0.303 e. The van der Waals surface area contributed by atoms with E-state index in [-0.39, 0.29) is 10.6 Å². The second-order valence-electron chi connectivity index (χ2n) is 5.64. The van der Waals surface area contributed by atoms with Crippen molar-refractivity contribution in [2.24, 2.45) is 0 Å². The summed E-state index contributed by atoms with van der Waals surface area (Å²) in [6.07, 6.45) is 23.4. The first-order chi connectivity index (χ1) is 11.7. The Labute approximate surface area is 146 Å². The Balaban J connectivity index is 4.00. The number of aldehydes is 1. The first-order valence-corrected chi connectivity index (χ1v) is 8.94. The lowest BCUT2D eigenvalue weighted by molar-refractivity contribution is -0.427. The van der Waals surface area contributed by atoms with Crippen molar-refractivity contribution in [3.05, 3.63) is 58.3 Å². The van der Waals surface area contributed by atoms with Gasteiger partial charge in [0.15, 0.2) is 0 Å². The van der Waals surface area contributed by atoms with E-state index in [1.54, 1.807) is 6.08 Å². The lowest BCUT2D eigenvalue weighted by Gasteiger charge is -1.94. The molecule has 0 bridgehead atoms. The maximum Gasteiger partial charge on any atom is 0.246 e. The predicted molar refractivity (Wildman–Crippen MR) is 100 cm³/mol. The van der Waals surface area contributed by atoms with Crippen LogP contribution in [-0.2, 0) is 4.79 Å². The Morgan fingerprint density at radius 3 is 2.25 bits per heavy atom. The molecule has 0 aromatic heterocycles. The van der Waals surface area contributed by atoms with E-state index in [4.69, 9.17) is 0 Å². The number of rotatable bonds is 15. The van der Waals surface area contributed by atoms with Crippen molar-refractivity contribution < 1.29 is 9.72 Å². The van der Waals surface area contributed by atoms with Gasteiger partial charge in [0, 0.05) is 6.42 Å². The molecule has 4 nitrogen and oxygen atoms in total. The van der Waals surface area contributed by atoms with E-state index in [0.29, 0.717) is 19.3 Å². The van der Waals surface area contributed by atoms with Gasteiger partial charge in [-0.3, -0.25) is 10.1 Å². The van der Waals surface area contributed by atoms with Gasteiger partial charge in [0.05, 0.1) is 11.3 Å². The normalized spacial score (nSPS) is 12.6. The summed E-state index contributed by atoms with van der Waals surface area (Å²) in [6, 6.07) is 0. The van der Waals surface area contributed by atoms with Gasteiger partial charge in [-0.1, -0.05) is 56.2 Å². The number of nitro groups is 1. The topological polar surface area (TPSA) is 60.2 Å². The highest BCUT2D eigenvalue weighted by atomic mass is 16.6. The van der Waals surface area contributed by atoms with Gasteiger partial charge in [0.25, 0.3) is 0 Å². The van der Waals surface area contributed by atoms with Crippen LogP contribution in [0.25, 0.3) is 0 Å². The summed E-state index contributed by atoms with van der Waals surface area (Å²) >= 11 is 0. The molecule has 0 aliphatic carbocycles. The predicted octanol–water partition coefficient (Wildman–Crippen LogP) is 5.94. The van der Waals surface area contributed by atoms with Gasteiger partial charge in [-0.15, -0.1) is 0 Å². The number of carbonyl (C=O) groups is 1. The fourth-order valence-electron chi connectivity index (χ4n) is 2.07. The molecule has 0 aliphatic rings. The minimum atomic E-state index is -0.322. The summed E-state index contributed by atoms with van der Waals surface area (Å²) in [5, 5.41) is 11.0. The van der Waals surface area contributed by atoms with E-state index in [1.807, 2.05) is 24.3 Å². The van der Waals surface area contributed by atoms with Crippen LogP contribution in [0.15, 0.2) is 48.2 Å². The zero-order valence-corrected chi connectivity index (χ0v) is 14.9. The van der Waals surface area contributed by atoms with Crippen LogP contribution in [0, 0.1) is 10.1 Å². The van der Waals surface area contributed by atoms with Crippen LogP contribution in [-0.4, -0.2) is 11.2 Å². The Morgan fingerprint density at radius 1 is 0.875 bits per heavy atom. The number of hydrogen-bond donors (Lipinski definition) is 0. The standard InChI is InChI=1S/C20H31NO3/c1-2-3-4-5-6-7-8-9-11-14-17-20(21(23)24)18-15-12-10-13-16-19-22/h6-7,9,11-12,15,17,19H,2-5,8,10,13-14,16,18H2,1H3/b7-6+,11-9+,15-12+,20-17-. The molecule has 24 heavy (non-hydrogen) atoms. The average Bonchev–Trinajstić information content (AvgIpc) is 2.57.